The minimum Gasteiger partial charge on any atom is -0.495 e. The average molecular weight is 433 g/mol. The Balaban J connectivity index is 1.72. The van der Waals surface area contributed by atoms with E-state index in [1.54, 1.807) is 30.2 Å². The van der Waals surface area contributed by atoms with Gasteiger partial charge in [-0.1, -0.05) is 29.4 Å². The summed E-state index contributed by atoms with van der Waals surface area (Å²) in [4.78, 5) is 35.5. The summed E-state index contributed by atoms with van der Waals surface area (Å²) in [6, 6.07) is 8.89. The van der Waals surface area contributed by atoms with Crippen LogP contribution in [0.25, 0.3) is 0 Å². The van der Waals surface area contributed by atoms with Crippen LogP contribution >= 0.6 is 23.4 Å². The summed E-state index contributed by atoms with van der Waals surface area (Å²) in [7, 11) is 1.54. The second-order valence-electron chi connectivity index (χ2n) is 6.37. The van der Waals surface area contributed by atoms with Crippen LogP contribution in [0.3, 0.4) is 0 Å². The highest BCUT2D eigenvalue weighted by Gasteiger charge is 2.38. The van der Waals surface area contributed by atoms with Crippen LogP contribution in [0, 0.1) is 6.92 Å². The highest BCUT2D eigenvalue weighted by atomic mass is 35.5. The van der Waals surface area contributed by atoms with Gasteiger partial charge in [-0.05, 0) is 43.7 Å². The summed E-state index contributed by atoms with van der Waals surface area (Å²) in [5.41, 5.74) is 1.58. The highest BCUT2D eigenvalue weighted by Crippen LogP contribution is 2.32. The Bertz CT molecular complexity index is 949. The molecule has 0 saturated carbocycles. The van der Waals surface area contributed by atoms with Crippen molar-refractivity contribution in [1.29, 1.82) is 0 Å². The van der Waals surface area contributed by atoms with Crippen LogP contribution in [0.1, 0.15) is 18.9 Å². The third-order valence-electron chi connectivity index (χ3n) is 4.26. The lowest BCUT2D eigenvalue weighted by atomic mass is 10.2. The molecule has 9 heteroatoms. The molecule has 3 rings (SSSR count). The van der Waals surface area contributed by atoms with E-state index in [9.17, 15) is 9.59 Å². The summed E-state index contributed by atoms with van der Waals surface area (Å²) in [6.45, 7) is 4.25. The molecule has 0 radical (unpaired) electrons. The molecular weight excluding hydrogens is 412 g/mol. The monoisotopic (exact) mass is 432 g/mol. The lowest BCUT2D eigenvalue weighted by Gasteiger charge is -2.14. The molecule has 0 spiro atoms. The number of halogens is 1. The second kappa shape index (κ2) is 9.28. The quantitative estimate of drug-likeness (QED) is 0.744. The van der Waals surface area contributed by atoms with Crippen molar-refractivity contribution in [3.05, 3.63) is 47.1 Å². The molecule has 0 bridgehead atoms. The van der Waals surface area contributed by atoms with Crippen molar-refractivity contribution >= 4 is 51.9 Å². The first kappa shape index (κ1) is 21.1. The van der Waals surface area contributed by atoms with E-state index in [1.807, 2.05) is 26.0 Å². The van der Waals surface area contributed by atoms with Gasteiger partial charge in [0.1, 0.15) is 11.0 Å². The Labute approximate surface area is 178 Å². The summed E-state index contributed by atoms with van der Waals surface area (Å²) in [6.07, 6.45) is 1.53. The van der Waals surface area contributed by atoms with Crippen molar-refractivity contribution in [2.45, 2.75) is 25.5 Å². The van der Waals surface area contributed by atoms with Crippen LogP contribution in [-0.2, 0) is 9.59 Å². The maximum Gasteiger partial charge on any atom is 0.242 e. The van der Waals surface area contributed by atoms with Gasteiger partial charge in [0.05, 0.1) is 17.8 Å². The second-order valence-corrected chi connectivity index (χ2v) is 7.98. The normalized spacial score (nSPS) is 17.7. The van der Waals surface area contributed by atoms with Crippen molar-refractivity contribution in [3.63, 3.8) is 0 Å². The number of methoxy groups -OCH3 is 1. The van der Waals surface area contributed by atoms with Crippen LogP contribution in [0.5, 0.6) is 5.75 Å². The fraction of sp³-hybridized carbons (Fsp3) is 0.300. The van der Waals surface area contributed by atoms with Gasteiger partial charge in [-0.3, -0.25) is 14.5 Å². The van der Waals surface area contributed by atoms with Gasteiger partial charge in [0, 0.05) is 19.2 Å². The fourth-order valence-electron chi connectivity index (χ4n) is 2.84. The number of ether oxygens (including phenoxy) is 1. The molecule has 7 nitrogen and oxygen atoms in total. The predicted molar refractivity (Wildman–Crippen MR) is 116 cm³/mol. The topological polar surface area (TPSA) is 83.9 Å². The summed E-state index contributed by atoms with van der Waals surface area (Å²) < 4.78 is 5.29. The Kier molecular flexibility index (Phi) is 6.76. The molecule has 1 aliphatic rings. The Morgan fingerprint density at radius 3 is 2.83 bits per heavy atom. The minimum absolute atomic E-state index is 0.0319. The van der Waals surface area contributed by atoms with Gasteiger partial charge in [0.15, 0.2) is 11.0 Å². The Hall–Kier alpha value is -2.58. The van der Waals surface area contributed by atoms with E-state index in [4.69, 9.17) is 16.3 Å². The van der Waals surface area contributed by atoms with E-state index < -0.39 is 5.25 Å². The first-order valence-electron chi connectivity index (χ1n) is 9.04. The number of carbonyl (C=O) groups is 2. The minimum atomic E-state index is -0.545. The number of thioether (sulfide) groups is 1. The number of aliphatic imine (C=N–C) groups is 1. The molecular formula is C20H21ClN4O3S. The third-order valence-corrected chi connectivity index (χ3v) is 5.66. The molecule has 1 unspecified atom stereocenters. The van der Waals surface area contributed by atoms with Crippen molar-refractivity contribution in [3.8, 4) is 5.75 Å². The SMILES string of the molecule is CCN1C(=O)C(CC(=O)Nc2cc(C)ccc2OC)SC1=Nc1ccc(Cl)cn1. The molecule has 1 fully saturated rings. The molecule has 152 valence electrons. The number of hydrogen-bond donors (Lipinski definition) is 1. The highest BCUT2D eigenvalue weighted by molar-refractivity contribution is 8.15. The van der Waals surface area contributed by atoms with Crippen LogP contribution < -0.4 is 10.1 Å². The van der Waals surface area contributed by atoms with Gasteiger partial charge in [0.2, 0.25) is 11.8 Å². The number of pyridine rings is 1. The number of hydrogen-bond acceptors (Lipinski definition) is 6. The maximum absolute atomic E-state index is 12.7. The first-order valence-corrected chi connectivity index (χ1v) is 10.3. The van der Waals surface area contributed by atoms with E-state index in [0.717, 1.165) is 5.56 Å². The van der Waals surface area contributed by atoms with Crippen molar-refractivity contribution < 1.29 is 14.3 Å². The van der Waals surface area contributed by atoms with Crippen molar-refractivity contribution in [1.82, 2.24) is 9.88 Å². The molecule has 29 heavy (non-hydrogen) atoms. The number of benzene rings is 1. The number of aromatic nitrogens is 1. The smallest absolute Gasteiger partial charge is 0.242 e. The molecule has 1 aromatic heterocycles. The van der Waals surface area contributed by atoms with Crippen LogP contribution in [-0.4, -0.2) is 45.8 Å². The van der Waals surface area contributed by atoms with Gasteiger partial charge in [-0.15, -0.1) is 0 Å². The van der Waals surface area contributed by atoms with E-state index in [1.165, 1.54) is 18.0 Å². The van der Waals surface area contributed by atoms with Gasteiger partial charge in [-0.2, -0.15) is 0 Å². The predicted octanol–water partition coefficient (Wildman–Crippen LogP) is 4.03. The van der Waals surface area contributed by atoms with Crippen LogP contribution in [0.2, 0.25) is 5.02 Å². The molecule has 2 amide bonds. The summed E-state index contributed by atoms with van der Waals surface area (Å²) >= 11 is 7.12. The Morgan fingerprint density at radius 2 is 2.17 bits per heavy atom. The molecule has 2 heterocycles. The standard InChI is InChI=1S/C20H21ClN4O3S/c1-4-25-19(27)16(29-20(25)24-17-8-6-13(21)11-22-17)10-18(26)23-14-9-12(2)5-7-15(14)28-3/h5-9,11,16H,4,10H2,1-3H3,(H,23,26). The zero-order chi connectivity index (χ0) is 21.0. The van der Waals surface area contributed by atoms with Crippen LogP contribution in [0.4, 0.5) is 11.5 Å². The van der Waals surface area contributed by atoms with E-state index in [0.29, 0.717) is 34.0 Å². The third kappa shape index (κ3) is 5.07. The molecule has 1 saturated heterocycles. The molecule has 0 aliphatic carbocycles. The van der Waals surface area contributed by atoms with Gasteiger partial charge < -0.3 is 10.1 Å². The number of nitrogens with zero attached hydrogens (tertiary/aromatic N) is 3. The number of carbonyl (C=O) groups excluding carboxylic acids is 2. The largest absolute Gasteiger partial charge is 0.495 e. The zero-order valence-corrected chi connectivity index (χ0v) is 17.9. The van der Waals surface area contributed by atoms with Crippen LogP contribution in [0.15, 0.2) is 41.5 Å². The maximum atomic E-state index is 12.7. The zero-order valence-electron chi connectivity index (χ0n) is 16.3. The number of nitrogens with one attached hydrogen (secondary N) is 1. The first-order chi connectivity index (χ1) is 13.9. The fourth-order valence-corrected chi connectivity index (χ4v) is 4.16. The Morgan fingerprint density at radius 1 is 1.38 bits per heavy atom. The molecule has 1 atom stereocenters. The average Bonchev–Trinajstić information content (AvgIpc) is 2.98. The number of aryl methyl sites for hydroxylation is 1. The summed E-state index contributed by atoms with van der Waals surface area (Å²) in [5, 5.41) is 3.33. The van der Waals surface area contributed by atoms with E-state index >= 15 is 0 Å². The van der Waals surface area contributed by atoms with Gasteiger partial charge in [0.25, 0.3) is 0 Å². The number of amidine groups is 1. The van der Waals surface area contributed by atoms with Gasteiger partial charge >= 0.3 is 0 Å². The lowest BCUT2D eigenvalue weighted by molar-refractivity contribution is -0.128. The molecule has 2 aromatic rings. The van der Waals surface area contributed by atoms with E-state index in [2.05, 4.69) is 15.3 Å². The number of rotatable bonds is 6. The molecule has 1 aromatic carbocycles. The van der Waals surface area contributed by atoms with Gasteiger partial charge in [-0.25, -0.2) is 9.98 Å². The number of anilines is 1. The number of amides is 2. The lowest BCUT2D eigenvalue weighted by Crippen LogP contribution is -2.33. The summed E-state index contributed by atoms with van der Waals surface area (Å²) in [5.74, 6) is 0.622. The van der Waals surface area contributed by atoms with E-state index in [-0.39, 0.29) is 18.2 Å². The van der Waals surface area contributed by atoms with Crippen molar-refractivity contribution in [2.24, 2.45) is 4.99 Å². The molecule has 1 N–H and O–H groups in total. The molecule has 1 aliphatic heterocycles. The van der Waals surface area contributed by atoms with Crippen molar-refractivity contribution in [2.75, 3.05) is 19.0 Å².